The van der Waals surface area contributed by atoms with E-state index in [-0.39, 0.29) is 6.42 Å². The summed E-state index contributed by atoms with van der Waals surface area (Å²) in [7, 11) is 0. The second-order valence-electron chi connectivity index (χ2n) is 10.6. The zero-order valence-electron chi connectivity index (χ0n) is 26.1. The van der Waals surface area contributed by atoms with Gasteiger partial charge in [-0.05, 0) is 12.8 Å². The van der Waals surface area contributed by atoms with Gasteiger partial charge in [0.25, 0.3) is 0 Å². The van der Waals surface area contributed by atoms with E-state index in [2.05, 4.69) is 12.2 Å². The predicted octanol–water partition coefficient (Wildman–Crippen LogP) is 5.50. The lowest BCUT2D eigenvalue weighted by Crippen LogP contribution is -2.67. The Labute approximate surface area is 246 Å². The Bertz CT molecular complexity index is 806. The van der Waals surface area contributed by atoms with E-state index < -0.39 is 60.7 Å². The van der Waals surface area contributed by atoms with Crippen LogP contribution in [0.5, 0.6) is 0 Å². The highest BCUT2D eigenvalue weighted by atomic mass is 16.6. The second kappa shape index (κ2) is 22.7. The number of carbonyl (C=O) groups excluding carboxylic acids is 5. The standard InChI is InChI=1S/C31H53NO9/c1-7-8-9-10-11-12-13-14-15-16-17-18-19-20-21-29(40-27(5)36)30(41-28(6)37)31(32-24(2)33,22-38-25(3)34)23-39-26(4)35/h19-20,29-30H,7-18,21-23H2,1-6H3,(H,32,33)/b20-19+/t29-,30+/m1/s1. The number of allylic oxidation sites excluding steroid dienone is 1. The molecule has 0 heterocycles. The Morgan fingerprint density at radius 3 is 1.51 bits per heavy atom. The minimum absolute atomic E-state index is 0.150. The molecule has 10 heteroatoms. The summed E-state index contributed by atoms with van der Waals surface area (Å²) in [6, 6.07) is 0. The highest BCUT2D eigenvalue weighted by Crippen LogP contribution is 2.25. The average molecular weight is 584 g/mol. The van der Waals surface area contributed by atoms with Crippen LogP contribution in [0.2, 0.25) is 0 Å². The average Bonchev–Trinajstić information content (AvgIpc) is 2.88. The molecule has 0 aromatic carbocycles. The summed E-state index contributed by atoms with van der Waals surface area (Å²) >= 11 is 0. The van der Waals surface area contributed by atoms with Gasteiger partial charge >= 0.3 is 23.9 Å². The summed E-state index contributed by atoms with van der Waals surface area (Å²) in [6.07, 6.45) is 16.2. The molecule has 41 heavy (non-hydrogen) atoms. The van der Waals surface area contributed by atoms with E-state index in [1.54, 1.807) is 0 Å². The zero-order chi connectivity index (χ0) is 31.1. The van der Waals surface area contributed by atoms with Gasteiger partial charge in [-0.15, -0.1) is 0 Å². The molecule has 0 aromatic heterocycles. The fourth-order valence-corrected chi connectivity index (χ4v) is 4.61. The quantitative estimate of drug-likeness (QED) is 0.0716. The molecule has 0 saturated carbocycles. The molecule has 0 aliphatic rings. The molecule has 0 aliphatic heterocycles. The molecule has 0 radical (unpaired) electrons. The zero-order valence-corrected chi connectivity index (χ0v) is 26.1. The molecule has 0 saturated heterocycles. The molecule has 0 unspecified atom stereocenters. The van der Waals surface area contributed by atoms with Gasteiger partial charge in [-0.3, -0.25) is 24.0 Å². The van der Waals surface area contributed by atoms with Crippen molar-refractivity contribution in [1.29, 1.82) is 0 Å². The second-order valence-corrected chi connectivity index (χ2v) is 10.6. The first-order valence-electron chi connectivity index (χ1n) is 15.0. The van der Waals surface area contributed by atoms with E-state index >= 15 is 0 Å². The Hall–Kier alpha value is -2.91. The molecule has 236 valence electrons. The highest BCUT2D eigenvalue weighted by molar-refractivity contribution is 5.75. The fourth-order valence-electron chi connectivity index (χ4n) is 4.61. The van der Waals surface area contributed by atoms with Crippen LogP contribution < -0.4 is 5.32 Å². The summed E-state index contributed by atoms with van der Waals surface area (Å²) in [4.78, 5) is 59.8. The number of carbonyl (C=O) groups is 5. The van der Waals surface area contributed by atoms with Crippen LogP contribution in [-0.2, 0) is 42.9 Å². The van der Waals surface area contributed by atoms with Crippen LogP contribution in [0.15, 0.2) is 12.2 Å². The molecule has 0 fully saturated rings. The van der Waals surface area contributed by atoms with Gasteiger partial charge in [0.1, 0.15) is 24.9 Å². The molecular weight excluding hydrogens is 530 g/mol. The van der Waals surface area contributed by atoms with E-state index in [9.17, 15) is 24.0 Å². The van der Waals surface area contributed by atoms with Crippen LogP contribution in [0, 0.1) is 0 Å². The number of nitrogens with one attached hydrogen (secondary N) is 1. The maximum atomic E-state index is 12.2. The number of hydrogen-bond donors (Lipinski definition) is 1. The largest absolute Gasteiger partial charge is 0.463 e. The van der Waals surface area contributed by atoms with Crippen molar-refractivity contribution >= 4 is 29.8 Å². The maximum absolute atomic E-state index is 12.2. The van der Waals surface area contributed by atoms with Gasteiger partial charge in [0.2, 0.25) is 5.91 Å². The van der Waals surface area contributed by atoms with Crippen molar-refractivity contribution in [2.75, 3.05) is 13.2 Å². The monoisotopic (exact) mass is 583 g/mol. The normalized spacial score (nSPS) is 12.8. The summed E-state index contributed by atoms with van der Waals surface area (Å²) < 4.78 is 21.5. The molecule has 0 bridgehead atoms. The summed E-state index contributed by atoms with van der Waals surface area (Å²) in [5.41, 5.74) is -1.71. The third-order valence-corrected chi connectivity index (χ3v) is 6.49. The van der Waals surface area contributed by atoms with E-state index in [4.69, 9.17) is 18.9 Å². The third kappa shape index (κ3) is 19.7. The van der Waals surface area contributed by atoms with Crippen LogP contribution in [0.25, 0.3) is 0 Å². The molecular formula is C31H53NO9. The number of esters is 4. The van der Waals surface area contributed by atoms with Crippen molar-refractivity contribution in [3.63, 3.8) is 0 Å². The first kappa shape index (κ1) is 38.1. The van der Waals surface area contributed by atoms with Gasteiger partial charge in [0.05, 0.1) is 0 Å². The molecule has 1 amide bonds. The molecule has 2 atom stereocenters. The van der Waals surface area contributed by atoms with E-state index in [0.717, 1.165) is 26.2 Å². The van der Waals surface area contributed by atoms with Gasteiger partial charge in [0, 0.05) is 41.0 Å². The van der Waals surface area contributed by atoms with Gasteiger partial charge < -0.3 is 24.3 Å². The van der Waals surface area contributed by atoms with Crippen LogP contribution >= 0.6 is 0 Å². The van der Waals surface area contributed by atoms with Gasteiger partial charge in [0.15, 0.2) is 6.10 Å². The number of hydrogen-bond acceptors (Lipinski definition) is 9. The van der Waals surface area contributed by atoms with Crippen molar-refractivity contribution in [2.24, 2.45) is 0 Å². The predicted molar refractivity (Wildman–Crippen MR) is 156 cm³/mol. The van der Waals surface area contributed by atoms with E-state index in [1.807, 2.05) is 12.2 Å². The minimum Gasteiger partial charge on any atom is -0.463 e. The Morgan fingerprint density at radius 2 is 1.10 bits per heavy atom. The molecule has 10 nitrogen and oxygen atoms in total. The van der Waals surface area contributed by atoms with Gasteiger partial charge in [-0.2, -0.15) is 0 Å². The van der Waals surface area contributed by atoms with Crippen LogP contribution in [-0.4, -0.2) is 60.7 Å². The lowest BCUT2D eigenvalue weighted by molar-refractivity contribution is -0.183. The van der Waals surface area contributed by atoms with Gasteiger partial charge in [-0.1, -0.05) is 83.3 Å². The summed E-state index contributed by atoms with van der Waals surface area (Å²) in [5.74, 6) is -3.25. The van der Waals surface area contributed by atoms with Crippen LogP contribution in [0.4, 0.5) is 0 Å². The number of ether oxygens (including phenoxy) is 4. The molecule has 0 aliphatic carbocycles. The first-order chi connectivity index (χ1) is 19.4. The molecule has 0 spiro atoms. The lowest BCUT2D eigenvalue weighted by Gasteiger charge is -2.41. The topological polar surface area (TPSA) is 134 Å². The van der Waals surface area contributed by atoms with Crippen molar-refractivity contribution in [3.8, 4) is 0 Å². The Kier molecular flexibility index (Phi) is 21.1. The molecule has 0 aromatic rings. The fraction of sp³-hybridized carbons (Fsp3) is 0.774. The Morgan fingerprint density at radius 1 is 0.634 bits per heavy atom. The minimum atomic E-state index is -1.71. The van der Waals surface area contributed by atoms with E-state index in [0.29, 0.717) is 0 Å². The van der Waals surface area contributed by atoms with E-state index in [1.165, 1.54) is 85.5 Å². The SMILES string of the molecule is CCCCCCCCCCCCC/C=C/C[C@@H](OC(C)=O)[C@H](OC(C)=O)C(COC(C)=O)(COC(C)=O)NC(C)=O. The van der Waals surface area contributed by atoms with Crippen LogP contribution in [0.3, 0.4) is 0 Å². The van der Waals surface area contributed by atoms with Crippen molar-refractivity contribution in [1.82, 2.24) is 5.32 Å². The smallest absolute Gasteiger partial charge is 0.303 e. The number of amides is 1. The summed E-state index contributed by atoms with van der Waals surface area (Å²) in [5, 5.41) is 2.63. The van der Waals surface area contributed by atoms with Crippen molar-refractivity contribution < 1.29 is 42.9 Å². The van der Waals surface area contributed by atoms with Crippen molar-refractivity contribution in [2.45, 2.75) is 143 Å². The highest BCUT2D eigenvalue weighted by Gasteiger charge is 2.49. The van der Waals surface area contributed by atoms with Crippen LogP contribution in [0.1, 0.15) is 125 Å². The summed E-state index contributed by atoms with van der Waals surface area (Å²) in [6.45, 7) is 7.18. The molecule has 0 rings (SSSR count). The number of unbranched alkanes of at least 4 members (excludes halogenated alkanes) is 11. The lowest BCUT2D eigenvalue weighted by atomic mass is 9.87. The Balaban J connectivity index is 5.40. The molecule has 1 N–H and O–H groups in total. The number of rotatable bonds is 23. The van der Waals surface area contributed by atoms with Gasteiger partial charge in [-0.25, -0.2) is 0 Å². The maximum Gasteiger partial charge on any atom is 0.303 e. The van der Waals surface area contributed by atoms with Crippen molar-refractivity contribution in [3.05, 3.63) is 12.2 Å². The first-order valence-corrected chi connectivity index (χ1v) is 15.0. The third-order valence-electron chi connectivity index (χ3n) is 6.49.